The van der Waals surface area contributed by atoms with Crippen LogP contribution < -0.4 is 4.74 Å². The Bertz CT molecular complexity index is 414. The van der Waals surface area contributed by atoms with E-state index >= 15 is 0 Å². The van der Waals surface area contributed by atoms with Crippen LogP contribution in [0.25, 0.3) is 0 Å². The molecule has 0 saturated heterocycles. The van der Waals surface area contributed by atoms with E-state index in [0.29, 0.717) is 0 Å². The van der Waals surface area contributed by atoms with Crippen LogP contribution in [0.3, 0.4) is 0 Å². The predicted octanol–water partition coefficient (Wildman–Crippen LogP) is 4.40. The molecular formula is C15H21ClO. The Hall–Kier alpha value is -0.690. The van der Waals surface area contributed by atoms with Gasteiger partial charge in [0.25, 0.3) is 0 Å². The van der Waals surface area contributed by atoms with E-state index in [0.717, 1.165) is 12.2 Å². The summed E-state index contributed by atoms with van der Waals surface area (Å²) in [7, 11) is 0. The SMILES string of the molecule is Cc1cc(C)c(OC2CC(Cl)C2(C)C)c(C)c1. The van der Waals surface area contributed by atoms with Gasteiger partial charge in [-0.1, -0.05) is 31.5 Å². The van der Waals surface area contributed by atoms with Crippen molar-refractivity contribution in [3.63, 3.8) is 0 Å². The molecule has 0 amide bonds. The first kappa shape index (κ1) is 12.8. The molecule has 0 N–H and O–H groups in total. The number of hydrogen-bond donors (Lipinski definition) is 0. The van der Waals surface area contributed by atoms with Crippen LogP contribution in [0.1, 0.15) is 37.0 Å². The van der Waals surface area contributed by atoms with Gasteiger partial charge < -0.3 is 4.74 Å². The van der Waals surface area contributed by atoms with E-state index < -0.39 is 0 Å². The van der Waals surface area contributed by atoms with Gasteiger partial charge >= 0.3 is 0 Å². The van der Waals surface area contributed by atoms with Crippen LogP contribution >= 0.6 is 11.6 Å². The summed E-state index contributed by atoms with van der Waals surface area (Å²) < 4.78 is 6.17. The minimum absolute atomic E-state index is 0.0747. The zero-order valence-corrected chi connectivity index (χ0v) is 12.1. The van der Waals surface area contributed by atoms with E-state index in [1.165, 1.54) is 16.7 Å². The molecule has 1 aliphatic carbocycles. The molecule has 1 nitrogen and oxygen atoms in total. The van der Waals surface area contributed by atoms with E-state index in [4.69, 9.17) is 16.3 Å². The first-order valence-corrected chi connectivity index (χ1v) is 6.64. The lowest BCUT2D eigenvalue weighted by molar-refractivity contribution is -0.0138. The maximum Gasteiger partial charge on any atom is 0.125 e. The maximum absolute atomic E-state index is 6.23. The quantitative estimate of drug-likeness (QED) is 0.709. The molecule has 2 unspecified atom stereocenters. The normalized spacial score (nSPS) is 26.5. The van der Waals surface area contributed by atoms with E-state index in [2.05, 4.69) is 46.8 Å². The summed E-state index contributed by atoms with van der Waals surface area (Å²) in [5, 5.41) is 0.235. The molecule has 1 aromatic rings. The van der Waals surface area contributed by atoms with Crippen LogP contribution in [0, 0.1) is 26.2 Å². The molecular weight excluding hydrogens is 232 g/mol. The molecule has 1 saturated carbocycles. The third-order valence-corrected chi connectivity index (χ3v) is 4.66. The summed E-state index contributed by atoms with van der Waals surface area (Å²) in [6.45, 7) is 10.7. The number of rotatable bonds is 2. The lowest BCUT2D eigenvalue weighted by atomic mass is 9.68. The molecule has 0 aromatic heterocycles. The Morgan fingerprint density at radius 3 is 2.12 bits per heavy atom. The summed E-state index contributed by atoms with van der Waals surface area (Å²) in [5.74, 6) is 1.04. The maximum atomic E-state index is 6.23. The van der Waals surface area contributed by atoms with Gasteiger partial charge in [0.1, 0.15) is 11.9 Å². The third kappa shape index (κ3) is 2.18. The average Bonchev–Trinajstić information content (AvgIpc) is 2.21. The number of benzene rings is 1. The van der Waals surface area contributed by atoms with Crippen LogP contribution in [0.5, 0.6) is 5.75 Å². The molecule has 0 heterocycles. The van der Waals surface area contributed by atoms with Gasteiger partial charge in [0.15, 0.2) is 0 Å². The van der Waals surface area contributed by atoms with Crippen molar-refractivity contribution < 1.29 is 4.74 Å². The Morgan fingerprint density at radius 2 is 1.71 bits per heavy atom. The highest BCUT2D eigenvalue weighted by Gasteiger charge is 2.49. The van der Waals surface area contributed by atoms with Crippen LogP contribution in [0.15, 0.2) is 12.1 Å². The topological polar surface area (TPSA) is 9.23 Å². The molecule has 1 fully saturated rings. The molecule has 0 spiro atoms. The van der Waals surface area contributed by atoms with E-state index in [1.807, 2.05) is 0 Å². The summed E-state index contributed by atoms with van der Waals surface area (Å²) >= 11 is 6.23. The van der Waals surface area contributed by atoms with Crippen LogP contribution in [-0.4, -0.2) is 11.5 Å². The van der Waals surface area contributed by atoms with Crippen molar-refractivity contribution in [2.45, 2.75) is 52.5 Å². The second-order valence-electron chi connectivity index (χ2n) is 5.86. The fraction of sp³-hybridized carbons (Fsp3) is 0.600. The third-order valence-electron chi connectivity index (χ3n) is 3.92. The molecule has 0 radical (unpaired) electrons. The molecule has 1 aromatic carbocycles. The lowest BCUT2D eigenvalue weighted by Crippen LogP contribution is -2.53. The molecule has 2 rings (SSSR count). The van der Waals surface area contributed by atoms with Gasteiger partial charge in [-0.2, -0.15) is 0 Å². The summed E-state index contributed by atoms with van der Waals surface area (Å²) in [4.78, 5) is 0. The number of aryl methyl sites for hydroxylation is 3. The van der Waals surface area contributed by atoms with Crippen molar-refractivity contribution in [1.82, 2.24) is 0 Å². The van der Waals surface area contributed by atoms with Gasteiger partial charge in [0.05, 0.1) is 0 Å². The monoisotopic (exact) mass is 252 g/mol. The number of alkyl halides is 1. The van der Waals surface area contributed by atoms with Crippen LogP contribution in [-0.2, 0) is 0 Å². The second-order valence-corrected chi connectivity index (χ2v) is 6.39. The zero-order chi connectivity index (χ0) is 12.8. The zero-order valence-electron chi connectivity index (χ0n) is 11.3. The molecule has 17 heavy (non-hydrogen) atoms. The van der Waals surface area contributed by atoms with Gasteiger partial charge in [0, 0.05) is 17.2 Å². The molecule has 0 aliphatic heterocycles. The fourth-order valence-electron chi connectivity index (χ4n) is 2.53. The van der Waals surface area contributed by atoms with Crippen LogP contribution in [0.2, 0.25) is 0 Å². The average molecular weight is 253 g/mol. The number of hydrogen-bond acceptors (Lipinski definition) is 1. The Morgan fingerprint density at radius 1 is 1.18 bits per heavy atom. The largest absolute Gasteiger partial charge is 0.489 e. The highest BCUT2D eigenvalue weighted by Crippen LogP contribution is 2.47. The summed E-state index contributed by atoms with van der Waals surface area (Å²) in [5.41, 5.74) is 3.80. The second kappa shape index (κ2) is 4.20. The Balaban J connectivity index is 2.21. The number of ether oxygens (including phenoxy) is 1. The van der Waals surface area contributed by atoms with Crippen molar-refractivity contribution in [1.29, 1.82) is 0 Å². The van der Waals surface area contributed by atoms with E-state index in [9.17, 15) is 0 Å². The standard InChI is InChI=1S/C15H21ClO/c1-9-6-10(2)14(11(3)7-9)17-13-8-12(16)15(13,4)5/h6-7,12-13H,8H2,1-5H3. The van der Waals surface area contributed by atoms with Gasteiger partial charge in [0.2, 0.25) is 0 Å². The molecule has 2 atom stereocenters. The Kier molecular flexibility index (Phi) is 3.15. The molecule has 94 valence electrons. The molecule has 0 bridgehead atoms. The number of halogens is 1. The van der Waals surface area contributed by atoms with Crippen molar-refractivity contribution >= 4 is 11.6 Å². The van der Waals surface area contributed by atoms with E-state index in [-0.39, 0.29) is 16.9 Å². The van der Waals surface area contributed by atoms with Crippen molar-refractivity contribution in [2.24, 2.45) is 5.41 Å². The Labute approximate surface area is 109 Å². The summed E-state index contributed by atoms with van der Waals surface area (Å²) in [6, 6.07) is 4.35. The van der Waals surface area contributed by atoms with Gasteiger partial charge in [-0.15, -0.1) is 11.6 Å². The molecule has 1 aliphatic rings. The van der Waals surface area contributed by atoms with Crippen molar-refractivity contribution in [2.75, 3.05) is 0 Å². The van der Waals surface area contributed by atoms with Gasteiger partial charge in [-0.25, -0.2) is 0 Å². The van der Waals surface area contributed by atoms with Crippen LogP contribution in [0.4, 0.5) is 0 Å². The lowest BCUT2D eigenvalue weighted by Gasteiger charge is -2.48. The highest BCUT2D eigenvalue weighted by molar-refractivity contribution is 6.21. The highest BCUT2D eigenvalue weighted by atomic mass is 35.5. The minimum atomic E-state index is 0.0747. The smallest absolute Gasteiger partial charge is 0.125 e. The summed E-state index contributed by atoms with van der Waals surface area (Å²) in [6.07, 6.45) is 1.19. The van der Waals surface area contributed by atoms with Gasteiger partial charge in [-0.05, 0) is 31.9 Å². The minimum Gasteiger partial charge on any atom is -0.489 e. The van der Waals surface area contributed by atoms with Crippen molar-refractivity contribution in [3.05, 3.63) is 28.8 Å². The first-order chi connectivity index (χ1) is 7.82. The fourth-order valence-corrected chi connectivity index (χ4v) is 2.83. The first-order valence-electron chi connectivity index (χ1n) is 6.21. The van der Waals surface area contributed by atoms with Gasteiger partial charge in [-0.3, -0.25) is 0 Å². The van der Waals surface area contributed by atoms with E-state index in [1.54, 1.807) is 0 Å². The molecule has 2 heteroatoms. The predicted molar refractivity (Wildman–Crippen MR) is 73.1 cm³/mol. The van der Waals surface area contributed by atoms with Crippen molar-refractivity contribution in [3.8, 4) is 5.75 Å².